The Morgan fingerprint density at radius 1 is 1.22 bits per heavy atom. The molecule has 122 valence electrons. The predicted octanol–water partition coefficient (Wildman–Crippen LogP) is 3.25. The number of anilines is 1. The van der Waals surface area contributed by atoms with Crippen LogP contribution in [0.3, 0.4) is 0 Å². The fraction of sp³-hybridized carbons (Fsp3) is 0.278. The minimum atomic E-state index is -0.330. The van der Waals surface area contributed by atoms with Gasteiger partial charge in [-0.25, -0.2) is 4.79 Å². The Kier molecular flexibility index (Phi) is 6.00. The Morgan fingerprint density at radius 3 is 2.70 bits per heavy atom. The number of hydrogen-bond donors (Lipinski definition) is 3. The van der Waals surface area contributed by atoms with Crippen molar-refractivity contribution in [3.63, 3.8) is 0 Å². The van der Waals surface area contributed by atoms with Gasteiger partial charge in [0.05, 0.1) is 19.8 Å². The van der Waals surface area contributed by atoms with Crippen molar-refractivity contribution in [1.29, 1.82) is 0 Å². The number of ether oxygens (including phenoxy) is 1. The molecular weight excluding hydrogens is 292 g/mol. The van der Waals surface area contributed by atoms with Crippen LogP contribution < -0.4 is 15.4 Å². The molecule has 23 heavy (non-hydrogen) atoms. The second kappa shape index (κ2) is 8.19. The molecular formula is C18H22N2O3. The molecule has 0 aliphatic rings. The first-order valence-electron chi connectivity index (χ1n) is 7.59. The number of amides is 2. The minimum Gasteiger partial charge on any atom is -0.496 e. The SMILES string of the molecule is CCC(CO)NC(=O)Nc1cccc(-c2ccccc2OC)c1. The van der Waals surface area contributed by atoms with Gasteiger partial charge in [-0.3, -0.25) is 0 Å². The molecule has 1 unspecified atom stereocenters. The van der Waals surface area contributed by atoms with Crippen molar-refractivity contribution in [3.05, 3.63) is 48.5 Å². The number of rotatable bonds is 6. The van der Waals surface area contributed by atoms with Gasteiger partial charge in [0.2, 0.25) is 0 Å². The van der Waals surface area contributed by atoms with Gasteiger partial charge in [-0.2, -0.15) is 0 Å². The summed E-state index contributed by atoms with van der Waals surface area (Å²) in [6, 6.07) is 14.7. The normalized spacial score (nSPS) is 11.6. The lowest BCUT2D eigenvalue weighted by molar-refractivity contribution is 0.222. The van der Waals surface area contributed by atoms with Gasteiger partial charge < -0.3 is 20.5 Å². The van der Waals surface area contributed by atoms with Gasteiger partial charge in [-0.1, -0.05) is 37.3 Å². The number of carbonyl (C=O) groups is 1. The fourth-order valence-corrected chi connectivity index (χ4v) is 2.28. The highest BCUT2D eigenvalue weighted by atomic mass is 16.5. The van der Waals surface area contributed by atoms with Gasteiger partial charge in [0, 0.05) is 11.3 Å². The van der Waals surface area contributed by atoms with Crippen molar-refractivity contribution < 1.29 is 14.6 Å². The quantitative estimate of drug-likeness (QED) is 0.766. The van der Waals surface area contributed by atoms with E-state index in [0.717, 1.165) is 16.9 Å². The maximum absolute atomic E-state index is 12.0. The first-order chi connectivity index (χ1) is 11.2. The first-order valence-corrected chi connectivity index (χ1v) is 7.59. The number of urea groups is 1. The van der Waals surface area contributed by atoms with Crippen LogP contribution >= 0.6 is 0 Å². The molecule has 2 aromatic rings. The van der Waals surface area contributed by atoms with Gasteiger partial charge in [0.1, 0.15) is 5.75 Å². The number of carbonyl (C=O) groups excluding carboxylic acids is 1. The van der Waals surface area contributed by atoms with E-state index in [2.05, 4.69) is 10.6 Å². The number of methoxy groups -OCH3 is 1. The molecule has 2 rings (SSSR count). The Hall–Kier alpha value is -2.53. The molecule has 3 N–H and O–H groups in total. The van der Waals surface area contributed by atoms with Crippen LogP contribution in [-0.4, -0.2) is 30.9 Å². The highest BCUT2D eigenvalue weighted by Crippen LogP contribution is 2.30. The van der Waals surface area contributed by atoms with Crippen LogP contribution in [0.4, 0.5) is 10.5 Å². The average molecular weight is 314 g/mol. The van der Waals surface area contributed by atoms with E-state index in [1.165, 1.54) is 0 Å². The van der Waals surface area contributed by atoms with Gasteiger partial charge in [0.25, 0.3) is 0 Å². The second-order valence-electron chi connectivity index (χ2n) is 5.17. The van der Waals surface area contributed by atoms with Crippen LogP contribution in [0.15, 0.2) is 48.5 Å². The van der Waals surface area contributed by atoms with E-state index in [4.69, 9.17) is 9.84 Å². The summed E-state index contributed by atoms with van der Waals surface area (Å²) in [5.41, 5.74) is 2.59. The summed E-state index contributed by atoms with van der Waals surface area (Å²) in [6.45, 7) is 1.83. The number of aliphatic hydroxyl groups is 1. The number of aliphatic hydroxyl groups excluding tert-OH is 1. The van der Waals surface area contributed by atoms with Gasteiger partial charge in [0.15, 0.2) is 0 Å². The first kappa shape index (κ1) is 16.8. The lowest BCUT2D eigenvalue weighted by atomic mass is 10.0. The summed E-state index contributed by atoms with van der Waals surface area (Å²) >= 11 is 0. The zero-order valence-electron chi connectivity index (χ0n) is 13.4. The Morgan fingerprint density at radius 2 is 2.00 bits per heavy atom. The zero-order valence-corrected chi connectivity index (χ0v) is 13.4. The minimum absolute atomic E-state index is 0.0782. The van der Waals surface area contributed by atoms with Crippen molar-refractivity contribution in [1.82, 2.24) is 5.32 Å². The van der Waals surface area contributed by atoms with Gasteiger partial charge >= 0.3 is 6.03 Å². The summed E-state index contributed by atoms with van der Waals surface area (Å²) in [5, 5.41) is 14.6. The largest absolute Gasteiger partial charge is 0.496 e. The van der Waals surface area contributed by atoms with Crippen molar-refractivity contribution >= 4 is 11.7 Å². The Balaban J connectivity index is 2.15. The van der Waals surface area contributed by atoms with Crippen LogP contribution in [-0.2, 0) is 0 Å². The molecule has 1 atom stereocenters. The molecule has 0 bridgehead atoms. The van der Waals surface area contributed by atoms with Crippen LogP contribution in [0.1, 0.15) is 13.3 Å². The predicted molar refractivity (Wildman–Crippen MR) is 91.7 cm³/mol. The van der Waals surface area contributed by atoms with Crippen molar-refractivity contribution in [2.24, 2.45) is 0 Å². The number of nitrogens with one attached hydrogen (secondary N) is 2. The lowest BCUT2D eigenvalue weighted by Crippen LogP contribution is -2.39. The molecule has 0 aliphatic carbocycles. The molecule has 5 nitrogen and oxygen atoms in total. The van der Waals surface area contributed by atoms with Crippen LogP contribution in [0.25, 0.3) is 11.1 Å². The monoisotopic (exact) mass is 314 g/mol. The molecule has 0 aromatic heterocycles. The zero-order chi connectivity index (χ0) is 16.7. The Bertz CT molecular complexity index is 654. The van der Waals surface area contributed by atoms with Crippen molar-refractivity contribution in [3.8, 4) is 16.9 Å². The van der Waals surface area contributed by atoms with Crippen LogP contribution in [0.5, 0.6) is 5.75 Å². The summed E-state index contributed by atoms with van der Waals surface area (Å²) < 4.78 is 5.37. The Labute approximate surface area is 136 Å². The maximum atomic E-state index is 12.0. The maximum Gasteiger partial charge on any atom is 0.319 e. The molecule has 0 saturated carbocycles. The number of para-hydroxylation sites is 1. The van der Waals surface area contributed by atoms with Crippen LogP contribution in [0, 0.1) is 0 Å². The third-order valence-electron chi connectivity index (χ3n) is 3.59. The van der Waals surface area contributed by atoms with E-state index < -0.39 is 0 Å². The molecule has 2 amide bonds. The second-order valence-corrected chi connectivity index (χ2v) is 5.17. The van der Waals surface area contributed by atoms with Crippen molar-refractivity contribution in [2.75, 3.05) is 19.0 Å². The lowest BCUT2D eigenvalue weighted by Gasteiger charge is -2.15. The summed E-state index contributed by atoms with van der Waals surface area (Å²) in [4.78, 5) is 12.0. The average Bonchev–Trinajstić information content (AvgIpc) is 2.59. The van der Waals surface area contributed by atoms with E-state index in [1.807, 2.05) is 55.5 Å². The topological polar surface area (TPSA) is 70.6 Å². The third-order valence-corrected chi connectivity index (χ3v) is 3.59. The van der Waals surface area contributed by atoms with Crippen LogP contribution in [0.2, 0.25) is 0 Å². The van der Waals surface area contributed by atoms with Crippen molar-refractivity contribution in [2.45, 2.75) is 19.4 Å². The molecule has 0 aliphatic heterocycles. The number of benzene rings is 2. The summed E-state index contributed by atoms with van der Waals surface area (Å²) in [6.07, 6.45) is 0.672. The molecule has 0 saturated heterocycles. The standard InChI is InChI=1S/C18H22N2O3/c1-3-14(12-21)19-18(22)20-15-8-6-7-13(11-15)16-9-4-5-10-17(16)23-2/h4-11,14,21H,3,12H2,1-2H3,(H2,19,20,22). The van der Waals surface area contributed by atoms with E-state index in [0.29, 0.717) is 12.1 Å². The highest BCUT2D eigenvalue weighted by molar-refractivity contribution is 5.90. The fourth-order valence-electron chi connectivity index (χ4n) is 2.28. The van der Waals surface area contributed by atoms with E-state index in [-0.39, 0.29) is 18.7 Å². The van der Waals surface area contributed by atoms with E-state index >= 15 is 0 Å². The molecule has 0 radical (unpaired) electrons. The number of hydrogen-bond acceptors (Lipinski definition) is 3. The molecule has 5 heteroatoms. The van der Waals surface area contributed by atoms with Gasteiger partial charge in [-0.05, 0) is 30.2 Å². The molecule has 0 spiro atoms. The van der Waals surface area contributed by atoms with Gasteiger partial charge in [-0.15, -0.1) is 0 Å². The molecule has 0 fully saturated rings. The van der Waals surface area contributed by atoms with E-state index in [9.17, 15) is 4.79 Å². The molecule has 0 heterocycles. The summed E-state index contributed by atoms with van der Waals surface area (Å²) in [7, 11) is 1.63. The third kappa shape index (κ3) is 4.47. The highest BCUT2D eigenvalue weighted by Gasteiger charge is 2.10. The summed E-state index contributed by atoms with van der Waals surface area (Å²) in [5.74, 6) is 0.778. The van der Waals surface area contributed by atoms with E-state index in [1.54, 1.807) is 7.11 Å². The smallest absolute Gasteiger partial charge is 0.319 e. The molecule has 2 aromatic carbocycles.